The Morgan fingerprint density at radius 3 is 2.33 bits per heavy atom. The van der Waals surface area contributed by atoms with Gasteiger partial charge in [0, 0.05) is 12.3 Å². The van der Waals surface area contributed by atoms with Crippen molar-refractivity contribution in [2.45, 2.75) is 149 Å². The van der Waals surface area contributed by atoms with Gasteiger partial charge in [0.1, 0.15) is 12.9 Å². The summed E-state index contributed by atoms with van der Waals surface area (Å²) in [4.78, 5) is 34.6. The van der Waals surface area contributed by atoms with E-state index in [4.69, 9.17) is 18.9 Å². The Bertz CT molecular complexity index is 1200. The second kappa shape index (κ2) is 10.8. The first-order valence-corrected chi connectivity index (χ1v) is 17.3. The highest BCUT2D eigenvalue weighted by atomic mass is 16.7. The van der Waals surface area contributed by atoms with Crippen molar-refractivity contribution in [2.75, 3.05) is 6.61 Å². The minimum absolute atomic E-state index is 0.109. The molecule has 1 saturated heterocycles. The van der Waals surface area contributed by atoms with Crippen LogP contribution >= 0.6 is 0 Å². The number of aliphatic hydroxyl groups excluding tert-OH is 1. The summed E-state index contributed by atoms with van der Waals surface area (Å²) in [6, 6.07) is 0. The fourth-order valence-corrected chi connectivity index (χ4v) is 13.0. The summed E-state index contributed by atoms with van der Waals surface area (Å²) < 4.78 is 24.0. The number of carbonyl (C=O) groups excluding carboxylic acids is 3. The van der Waals surface area contributed by atoms with Crippen LogP contribution in [0, 0.1) is 50.7 Å². The third kappa shape index (κ3) is 4.53. The molecular weight excluding hydrogens is 576 g/mol. The van der Waals surface area contributed by atoms with Gasteiger partial charge in [-0.1, -0.05) is 34.6 Å². The van der Waals surface area contributed by atoms with E-state index in [1.54, 1.807) is 13.8 Å². The Balaban J connectivity index is 1.27. The summed E-state index contributed by atoms with van der Waals surface area (Å²) in [5, 5.41) is 23.4. The quantitative estimate of drug-likeness (QED) is 0.212. The van der Waals surface area contributed by atoms with Gasteiger partial charge >= 0.3 is 5.97 Å². The minimum Gasteiger partial charge on any atom is -0.457 e. The highest BCUT2D eigenvalue weighted by Crippen LogP contribution is 2.89. The molecular formula is C36H56O9. The van der Waals surface area contributed by atoms with Crippen molar-refractivity contribution in [2.24, 2.45) is 50.7 Å². The number of aliphatic hydroxyl groups is 2. The van der Waals surface area contributed by atoms with Gasteiger partial charge in [0.05, 0.1) is 30.0 Å². The zero-order valence-electron chi connectivity index (χ0n) is 28.5. The van der Waals surface area contributed by atoms with E-state index in [-0.39, 0.29) is 57.7 Å². The lowest BCUT2D eigenvalue weighted by molar-refractivity contribution is -0.224. The second-order valence-electron chi connectivity index (χ2n) is 17.4. The van der Waals surface area contributed by atoms with Crippen molar-refractivity contribution in [3.8, 4) is 0 Å². The average molecular weight is 633 g/mol. The highest BCUT2D eigenvalue weighted by molar-refractivity contribution is 5.66. The van der Waals surface area contributed by atoms with Crippen LogP contribution in [-0.4, -0.2) is 77.8 Å². The van der Waals surface area contributed by atoms with E-state index in [1.165, 1.54) is 13.3 Å². The van der Waals surface area contributed by atoms with Gasteiger partial charge in [-0.3, -0.25) is 9.59 Å². The standard InChI is InChI=1S/C36H56O9/c1-20-17-22(30(32(5,6)41)43-21(2)39)44-28-27(20)33(7)13-14-36-19-35(36)12-11-25(45-26(18-38)42-16-15-37)31(3,4)23(35)9-10-24(36)34(33,8)29(28)40/h15,18,20,22-30,40-41H,9-14,16-17,19H2,1-8H3/t20?,22-,23+,24+,25+,26+,27?,28+,29+,30+,33-,34-,35-,36+/m1/s1. The molecule has 0 radical (unpaired) electrons. The molecule has 6 fully saturated rings. The smallest absolute Gasteiger partial charge is 0.303 e. The van der Waals surface area contributed by atoms with Crippen LogP contribution in [0.5, 0.6) is 0 Å². The lowest BCUT2D eigenvalue weighted by Gasteiger charge is -2.63. The molecule has 5 aliphatic carbocycles. The van der Waals surface area contributed by atoms with Crippen molar-refractivity contribution in [1.29, 1.82) is 0 Å². The van der Waals surface area contributed by atoms with Gasteiger partial charge in [0.2, 0.25) is 6.29 Å². The molecule has 45 heavy (non-hydrogen) atoms. The van der Waals surface area contributed by atoms with Crippen molar-refractivity contribution < 1.29 is 43.5 Å². The van der Waals surface area contributed by atoms with Crippen LogP contribution in [0.4, 0.5) is 0 Å². The largest absolute Gasteiger partial charge is 0.457 e. The molecule has 2 N–H and O–H groups in total. The number of ether oxygens (including phenoxy) is 4. The molecule has 9 heteroatoms. The SMILES string of the molecule is CC(=O)O[C@@H]([C@H]1CC(C)C2[C@H](O1)[C@H](O)[C@@]1(C)[C@@H]3CC[C@H]4C(C)(C)[C@@H](O[C@@H](C=O)OCC=O)CC[C@@]45C[C@@]35CC[C@]21C)C(C)(C)O. The van der Waals surface area contributed by atoms with Gasteiger partial charge in [-0.2, -0.15) is 0 Å². The number of rotatable bonds is 9. The Labute approximate surface area is 268 Å². The summed E-state index contributed by atoms with van der Waals surface area (Å²) in [6.45, 7) is 16.1. The number of fused-ring (bicyclic) bond motifs is 4. The van der Waals surface area contributed by atoms with E-state index in [9.17, 15) is 24.6 Å². The maximum atomic E-state index is 12.5. The Morgan fingerprint density at radius 2 is 1.71 bits per heavy atom. The fraction of sp³-hybridized carbons (Fsp3) is 0.917. The van der Waals surface area contributed by atoms with Crippen LogP contribution in [0.3, 0.4) is 0 Å². The third-order valence-electron chi connectivity index (χ3n) is 14.8. The molecule has 0 aromatic rings. The maximum Gasteiger partial charge on any atom is 0.303 e. The molecule has 6 aliphatic rings. The molecule has 2 unspecified atom stereocenters. The van der Waals surface area contributed by atoms with Gasteiger partial charge in [0.15, 0.2) is 12.4 Å². The summed E-state index contributed by atoms with van der Waals surface area (Å²) in [6.07, 6.45) is 5.71. The number of carbonyl (C=O) groups is 3. The maximum absolute atomic E-state index is 12.5. The number of esters is 1. The molecule has 0 amide bonds. The topological polar surface area (TPSA) is 129 Å². The molecule has 254 valence electrons. The Kier molecular flexibility index (Phi) is 8.05. The Morgan fingerprint density at radius 1 is 1.04 bits per heavy atom. The van der Waals surface area contributed by atoms with Gasteiger partial charge < -0.3 is 34.0 Å². The summed E-state index contributed by atoms with van der Waals surface area (Å²) in [7, 11) is 0. The summed E-state index contributed by atoms with van der Waals surface area (Å²) in [5.74, 6) is 0.748. The number of hydrogen-bond donors (Lipinski definition) is 2. The molecule has 14 atom stereocenters. The van der Waals surface area contributed by atoms with E-state index >= 15 is 0 Å². The normalized spacial score (nSPS) is 49.2. The first-order chi connectivity index (χ1) is 20.9. The predicted octanol–water partition coefficient (Wildman–Crippen LogP) is 4.63. The molecule has 2 spiro atoms. The molecule has 6 rings (SSSR count). The first kappa shape index (κ1) is 33.5. The zero-order valence-corrected chi connectivity index (χ0v) is 28.5. The monoisotopic (exact) mass is 632 g/mol. The first-order valence-electron chi connectivity index (χ1n) is 17.3. The number of aldehydes is 2. The lowest BCUT2D eigenvalue weighted by atomic mass is 9.41. The average Bonchev–Trinajstić information content (AvgIpc) is 3.59. The van der Waals surface area contributed by atoms with Gasteiger partial charge in [-0.05, 0) is 111 Å². The number of hydrogen-bond acceptors (Lipinski definition) is 9. The minimum atomic E-state index is -1.28. The molecule has 0 bridgehead atoms. The predicted molar refractivity (Wildman–Crippen MR) is 165 cm³/mol. The van der Waals surface area contributed by atoms with Gasteiger partial charge in [0.25, 0.3) is 0 Å². The van der Waals surface area contributed by atoms with E-state index in [2.05, 4.69) is 34.6 Å². The molecule has 0 aromatic heterocycles. The summed E-state index contributed by atoms with van der Waals surface area (Å²) in [5.41, 5.74) is -1.55. The van der Waals surface area contributed by atoms with Crippen LogP contribution in [-0.2, 0) is 33.3 Å². The van der Waals surface area contributed by atoms with Crippen molar-refractivity contribution in [3.63, 3.8) is 0 Å². The van der Waals surface area contributed by atoms with Crippen molar-refractivity contribution in [1.82, 2.24) is 0 Å². The van der Waals surface area contributed by atoms with Crippen molar-refractivity contribution >= 4 is 18.5 Å². The summed E-state index contributed by atoms with van der Waals surface area (Å²) >= 11 is 0. The van der Waals surface area contributed by atoms with Crippen LogP contribution in [0.15, 0.2) is 0 Å². The van der Waals surface area contributed by atoms with Gasteiger partial charge in [-0.25, -0.2) is 0 Å². The van der Waals surface area contributed by atoms with Gasteiger partial charge in [-0.15, -0.1) is 0 Å². The van der Waals surface area contributed by atoms with Crippen LogP contribution < -0.4 is 0 Å². The van der Waals surface area contributed by atoms with Crippen LogP contribution in [0.25, 0.3) is 0 Å². The van der Waals surface area contributed by atoms with E-state index < -0.39 is 36.2 Å². The molecule has 5 saturated carbocycles. The van der Waals surface area contributed by atoms with E-state index in [1.807, 2.05) is 0 Å². The Hall–Kier alpha value is -1.39. The highest BCUT2D eigenvalue weighted by Gasteiger charge is 2.84. The van der Waals surface area contributed by atoms with Crippen LogP contribution in [0.2, 0.25) is 0 Å². The second-order valence-corrected chi connectivity index (χ2v) is 17.4. The van der Waals surface area contributed by atoms with Crippen molar-refractivity contribution in [3.05, 3.63) is 0 Å². The molecule has 1 aliphatic heterocycles. The zero-order chi connectivity index (χ0) is 33.0. The van der Waals surface area contributed by atoms with E-state index in [0.717, 1.165) is 38.5 Å². The fourth-order valence-electron chi connectivity index (χ4n) is 13.0. The lowest BCUT2D eigenvalue weighted by Crippen LogP contribution is -2.60. The molecule has 9 nitrogen and oxygen atoms in total. The van der Waals surface area contributed by atoms with Crippen LogP contribution in [0.1, 0.15) is 107 Å². The van der Waals surface area contributed by atoms with E-state index in [0.29, 0.717) is 30.8 Å². The third-order valence-corrected chi connectivity index (χ3v) is 14.8. The molecule has 1 heterocycles. The molecule has 0 aromatic carbocycles.